The summed E-state index contributed by atoms with van der Waals surface area (Å²) >= 11 is 0. The van der Waals surface area contributed by atoms with Crippen LogP contribution in [0.15, 0.2) is 40.8 Å². The summed E-state index contributed by atoms with van der Waals surface area (Å²) in [5.74, 6) is 1.04. The van der Waals surface area contributed by atoms with Crippen LogP contribution in [0, 0.1) is 6.92 Å². The van der Waals surface area contributed by atoms with Gasteiger partial charge in [-0.1, -0.05) is 37.3 Å². The molecule has 0 radical (unpaired) electrons. The molecule has 0 aliphatic rings. The molecule has 2 aromatic rings. The maximum atomic E-state index is 12.6. The Morgan fingerprint density at radius 1 is 1.23 bits per heavy atom. The monoisotopic (exact) mass is 301 g/mol. The van der Waals surface area contributed by atoms with E-state index in [2.05, 4.69) is 0 Å². The van der Waals surface area contributed by atoms with Crippen molar-refractivity contribution in [3.05, 3.63) is 59.0 Å². The van der Waals surface area contributed by atoms with Crippen molar-refractivity contribution >= 4 is 5.91 Å². The number of hydrogen-bond donors (Lipinski definition) is 1. The number of carbonyl (C=O) groups excluding carboxylic acids is 1. The van der Waals surface area contributed by atoms with E-state index in [0.717, 1.165) is 24.2 Å². The van der Waals surface area contributed by atoms with Gasteiger partial charge in [0.05, 0.1) is 6.61 Å². The van der Waals surface area contributed by atoms with Gasteiger partial charge in [-0.25, -0.2) is 0 Å². The van der Waals surface area contributed by atoms with Gasteiger partial charge in [-0.15, -0.1) is 0 Å². The van der Waals surface area contributed by atoms with Crippen LogP contribution in [0.1, 0.15) is 34.4 Å². The van der Waals surface area contributed by atoms with Gasteiger partial charge >= 0.3 is 0 Å². The van der Waals surface area contributed by atoms with Gasteiger partial charge in [0.2, 0.25) is 0 Å². The Kier molecular flexibility index (Phi) is 5.78. The molecule has 0 aliphatic heterocycles. The van der Waals surface area contributed by atoms with E-state index in [9.17, 15) is 9.90 Å². The van der Waals surface area contributed by atoms with E-state index < -0.39 is 0 Å². The molecule has 0 saturated carbocycles. The lowest BCUT2D eigenvalue weighted by Gasteiger charge is -2.20. The lowest BCUT2D eigenvalue weighted by atomic mass is 10.1. The first kappa shape index (κ1) is 16.3. The minimum absolute atomic E-state index is 0.0547. The Bertz CT molecular complexity index is 604. The predicted octanol–water partition coefficient (Wildman–Crippen LogP) is 2.83. The molecule has 1 aromatic carbocycles. The van der Waals surface area contributed by atoms with Crippen molar-refractivity contribution in [3.63, 3.8) is 0 Å². The van der Waals surface area contributed by atoms with Crippen LogP contribution in [0.2, 0.25) is 0 Å². The highest BCUT2D eigenvalue weighted by Gasteiger charge is 2.20. The van der Waals surface area contributed by atoms with Crippen LogP contribution in [0.4, 0.5) is 0 Å². The van der Waals surface area contributed by atoms with Crippen LogP contribution in [-0.4, -0.2) is 35.6 Å². The highest BCUT2D eigenvalue weighted by molar-refractivity contribution is 5.91. The molecular weight excluding hydrogens is 278 g/mol. The molecule has 0 spiro atoms. The summed E-state index contributed by atoms with van der Waals surface area (Å²) in [4.78, 5) is 14.2. The maximum absolute atomic E-state index is 12.6. The molecular formula is C18H23NO3. The van der Waals surface area contributed by atoms with E-state index in [1.165, 1.54) is 5.56 Å². The minimum Gasteiger partial charge on any atom is -0.456 e. The summed E-state index contributed by atoms with van der Waals surface area (Å²) in [6, 6.07) is 11.8. The van der Waals surface area contributed by atoms with Crippen LogP contribution in [-0.2, 0) is 12.8 Å². The van der Waals surface area contributed by atoms with E-state index in [0.29, 0.717) is 18.8 Å². The number of carbonyl (C=O) groups is 1. The van der Waals surface area contributed by atoms with Gasteiger partial charge < -0.3 is 14.4 Å². The van der Waals surface area contributed by atoms with Crippen molar-refractivity contribution in [2.45, 2.75) is 26.7 Å². The lowest BCUT2D eigenvalue weighted by molar-refractivity contribution is 0.0690. The van der Waals surface area contributed by atoms with E-state index in [-0.39, 0.29) is 12.5 Å². The van der Waals surface area contributed by atoms with E-state index in [1.807, 2.05) is 44.2 Å². The smallest absolute Gasteiger partial charge is 0.289 e. The van der Waals surface area contributed by atoms with Gasteiger partial charge in [0.15, 0.2) is 5.76 Å². The number of amides is 1. The summed E-state index contributed by atoms with van der Waals surface area (Å²) in [5.41, 5.74) is 2.17. The predicted molar refractivity (Wildman–Crippen MR) is 86.0 cm³/mol. The van der Waals surface area contributed by atoms with Crippen LogP contribution in [0.3, 0.4) is 0 Å². The van der Waals surface area contributed by atoms with Crippen molar-refractivity contribution in [1.82, 2.24) is 4.90 Å². The molecule has 118 valence electrons. The van der Waals surface area contributed by atoms with Gasteiger partial charge in [0.25, 0.3) is 5.91 Å². The summed E-state index contributed by atoms with van der Waals surface area (Å²) in [6.45, 7) is 4.76. The Hall–Kier alpha value is -2.07. The Labute approximate surface area is 131 Å². The van der Waals surface area contributed by atoms with E-state index >= 15 is 0 Å². The molecule has 0 atom stereocenters. The zero-order chi connectivity index (χ0) is 15.9. The summed E-state index contributed by atoms with van der Waals surface area (Å²) < 4.78 is 5.63. The zero-order valence-electron chi connectivity index (χ0n) is 13.2. The fraction of sp³-hybridized carbons (Fsp3) is 0.389. The van der Waals surface area contributed by atoms with Gasteiger partial charge in [-0.3, -0.25) is 4.79 Å². The van der Waals surface area contributed by atoms with Gasteiger partial charge in [-0.05, 0) is 30.5 Å². The number of aryl methyl sites for hydroxylation is 2. The average Bonchev–Trinajstić information content (AvgIpc) is 2.92. The topological polar surface area (TPSA) is 53.7 Å². The average molecular weight is 301 g/mol. The SMILES string of the molecule is CCc1oc(C(=O)N(CCO)CCc2ccccc2)cc1C. The molecule has 0 bridgehead atoms. The first-order chi connectivity index (χ1) is 10.7. The molecule has 4 nitrogen and oxygen atoms in total. The molecule has 4 heteroatoms. The molecule has 0 saturated heterocycles. The minimum atomic E-state index is -0.159. The first-order valence-corrected chi connectivity index (χ1v) is 7.69. The van der Waals surface area contributed by atoms with Gasteiger partial charge in [0, 0.05) is 19.5 Å². The Morgan fingerprint density at radius 2 is 1.95 bits per heavy atom. The van der Waals surface area contributed by atoms with Crippen molar-refractivity contribution in [3.8, 4) is 0 Å². The summed E-state index contributed by atoms with van der Waals surface area (Å²) in [6.07, 6.45) is 1.52. The molecule has 0 unspecified atom stereocenters. The van der Waals surface area contributed by atoms with Crippen molar-refractivity contribution in [2.24, 2.45) is 0 Å². The summed E-state index contributed by atoms with van der Waals surface area (Å²) in [5, 5.41) is 9.21. The van der Waals surface area contributed by atoms with E-state index in [1.54, 1.807) is 11.0 Å². The first-order valence-electron chi connectivity index (χ1n) is 7.69. The largest absolute Gasteiger partial charge is 0.456 e. The van der Waals surface area contributed by atoms with Gasteiger partial charge in [-0.2, -0.15) is 0 Å². The fourth-order valence-electron chi connectivity index (χ4n) is 2.48. The van der Waals surface area contributed by atoms with Crippen LogP contribution >= 0.6 is 0 Å². The third kappa shape index (κ3) is 3.98. The second-order valence-corrected chi connectivity index (χ2v) is 5.32. The number of furan rings is 1. The molecule has 0 fully saturated rings. The number of hydrogen-bond acceptors (Lipinski definition) is 3. The number of nitrogens with zero attached hydrogens (tertiary/aromatic N) is 1. The molecule has 1 N–H and O–H groups in total. The molecule has 22 heavy (non-hydrogen) atoms. The number of aliphatic hydroxyl groups is 1. The lowest BCUT2D eigenvalue weighted by Crippen LogP contribution is -2.35. The highest BCUT2D eigenvalue weighted by Crippen LogP contribution is 2.17. The quantitative estimate of drug-likeness (QED) is 0.855. The fourth-order valence-corrected chi connectivity index (χ4v) is 2.48. The molecule has 0 aliphatic carbocycles. The molecule has 1 amide bonds. The number of benzene rings is 1. The van der Waals surface area contributed by atoms with Crippen molar-refractivity contribution in [2.75, 3.05) is 19.7 Å². The Balaban J connectivity index is 2.07. The maximum Gasteiger partial charge on any atom is 0.289 e. The van der Waals surface area contributed by atoms with Crippen LogP contribution in [0.5, 0.6) is 0 Å². The Morgan fingerprint density at radius 3 is 2.55 bits per heavy atom. The van der Waals surface area contributed by atoms with Gasteiger partial charge in [0.1, 0.15) is 5.76 Å². The molecule has 1 heterocycles. The number of aliphatic hydroxyl groups excluding tert-OH is 1. The summed E-state index contributed by atoms with van der Waals surface area (Å²) in [7, 11) is 0. The molecule has 1 aromatic heterocycles. The third-order valence-electron chi connectivity index (χ3n) is 3.72. The standard InChI is InChI=1S/C18H23NO3/c1-3-16-14(2)13-17(22-16)18(21)19(11-12-20)10-9-15-7-5-4-6-8-15/h4-8,13,20H,3,9-12H2,1-2H3. The third-order valence-corrected chi connectivity index (χ3v) is 3.72. The highest BCUT2D eigenvalue weighted by atomic mass is 16.4. The number of rotatable bonds is 7. The van der Waals surface area contributed by atoms with Crippen LogP contribution < -0.4 is 0 Å². The van der Waals surface area contributed by atoms with Crippen molar-refractivity contribution in [1.29, 1.82) is 0 Å². The second-order valence-electron chi connectivity index (χ2n) is 5.32. The van der Waals surface area contributed by atoms with Crippen molar-refractivity contribution < 1.29 is 14.3 Å². The second kappa shape index (κ2) is 7.80. The molecule has 2 rings (SSSR count). The zero-order valence-corrected chi connectivity index (χ0v) is 13.2. The van der Waals surface area contributed by atoms with Crippen LogP contribution in [0.25, 0.3) is 0 Å². The van der Waals surface area contributed by atoms with E-state index in [4.69, 9.17) is 4.42 Å². The normalized spacial score (nSPS) is 10.7.